The Labute approximate surface area is 236 Å². The second-order valence-electron chi connectivity index (χ2n) is 10.2. The SMILES string of the molecule is CCOc1ccc(COc2ccc(NC(=O)c3ccc(COc4ccc(C(C)(C)C)cc4)o3)cc2)cc1OCC. The van der Waals surface area contributed by atoms with Gasteiger partial charge in [-0.2, -0.15) is 0 Å². The van der Waals surface area contributed by atoms with E-state index in [1.807, 2.05) is 44.2 Å². The van der Waals surface area contributed by atoms with Crippen LogP contribution in [0, 0.1) is 0 Å². The van der Waals surface area contributed by atoms with E-state index >= 15 is 0 Å². The third kappa shape index (κ3) is 7.82. The molecule has 0 bridgehead atoms. The molecule has 0 unspecified atom stereocenters. The fourth-order valence-electron chi connectivity index (χ4n) is 3.96. The van der Waals surface area contributed by atoms with E-state index in [4.69, 9.17) is 23.4 Å². The van der Waals surface area contributed by atoms with Crippen LogP contribution in [0.3, 0.4) is 0 Å². The van der Waals surface area contributed by atoms with Crippen LogP contribution in [0.5, 0.6) is 23.0 Å². The van der Waals surface area contributed by atoms with E-state index in [-0.39, 0.29) is 23.7 Å². The highest BCUT2D eigenvalue weighted by Gasteiger charge is 2.14. The van der Waals surface area contributed by atoms with Gasteiger partial charge < -0.3 is 28.7 Å². The van der Waals surface area contributed by atoms with E-state index in [9.17, 15) is 4.79 Å². The summed E-state index contributed by atoms with van der Waals surface area (Å²) in [4.78, 5) is 12.7. The fraction of sp³-hybridized carbons (Fsp3) is 0.303. The van der Waals surface area contributed by atoms with Gasteiger partial charge in [-0.1, -0.05) is 39.0 Å². The van der Waals surface area contributed by atoms with Gasteiger partial charge in [-0.3, -0.25) is 4.79 Å². The minimum Gasteiger partial charge on any atom is -0.490 e. The molecule has 4 aromatic rings. The van der Waals surface area contributed by atoms with Gasteiger partial charge in [0.05, 0.1) is 13.2 Å². The van der Waals surface area contributed by atoms with Gasteiger partial charge in [-0.25, -0.2) is 0 Å². The molecule has 0 saturated heterocycles. The van der Waals surface area contributed by atoms with Crippen LogP contribution in [-0.4, -0.2) is 19.1 Å². The first-order chi connectivity index (χ1) is 19.2. The van der Waals surface area contributed by atoms with Crippen molar-refractivity contribution in [3.63, 3.8) is 0 Å². The predicted molar refractivity (Wildman–Crippen MR) is 156 cm³/mol. The lowest BCUT2D eigenvalue weighted by Crippen LogP contribution is -2.11. The van der Waals surface area contributed by atoms with Crippen LogP contribution < -0.4 is 24.3 Å². The maximum Gasteiger partial charge on any atom is 0.291 e. The molecule has 4 rings (SSSR count). The molecule has 1 heterocycles. The fourth-order valence-corrected chi connectivity index (χ4v) is 3.96. The zero-order valence-electron chi connectivity index (χ0n) is 23.8. The van der Waals surface area contributed by atoms with Gasteiger partial charge in [0.25, 0.3) is 5.91 Å². The van der Waals surface area contributed by atoms with Gasteiger partial charge in [0.1, 0.15) is 30.5 Å². The number of anilines is 1. The van der Waals surface area contributed by atoms with E-state index in [0.717, 1.165) is 17.1 Å². The van der Waals surface area contributed by atoms with Gasteiger partial charge in [0, 0.05) is 5.69 Å². The van der Waals surface area contributed by atoms with Gasteiger partial charge in [-0.15, -0.1) is 0 Å². The number of nitrogens with one attached hydrogen (secondary N) is 1. The molecule has 40 heavy (non-hydrogen) atoms. The summed E-state index contributed by atoms with van der Waals surface area (Å²) < 4.78 is 28.7. The average Bonchev–Trinajstić information content (AvgIpc) is 3.42. The number of carbonyl (C=O) groups is 1. The van der Waals surface area contributed by atoms with Gasteiger partial charge >= 0.3 is 0 Å². The summed E-state index contributed by atoms with van der Waals surface area (Å²) in [5, 5.41) is 2.85. The summed E-state index contributed by atoms with van der Waals surface area (Å²) in [6.07, 6.45) is 0. The van der Waals surface area contributed by atoms with Crippen molar-refractivity contribution >= 4 is 11.6 Å². The number of benzene rings is 3. The van der Waals surface area contributed by atoms with Crippen LogP contribution in [0.15, 0.2) is 83.3 Å². The molecule has 0 saturated carbocycles. The third-order valence-electron chi connectivity index (χ3n) is 6.11. The number of ether oxygens (including phenoxy) is 4. The summed E-state index contributed by atoms with van der Waals surface area (Å²) in [6.45, 7) is 12.1. The van der Waals surface area contributed by atoms with E-state index in [1.54, 1.807) is 36.4 Å². The first kappa shape index (κ1) is 28.6. The normalized spacial score (nSPS) is 11.1. The summed E-state index contributed by atoms with van der Waals surface area (Å²) in [6, 6.07) is 24.3. The Kier molecular flexibility index (Phi) is 9.38. The van der Waals surface area contributed by atoms with Crippen molar-refractivity contribution in [2.24, 2.45) is 0 Å². The molecule has 210 valence electrons. The zero-order valence-corrected chi connectivity index (χ0v) is 23.8. The Morgan fingerprint density at radius 1 is 0.725 bits per heavy atom. The topological polar surface area (TPSA) is 79.2 Å². The predicted octanol–water partition coefficient (Wildman–Crippen LogP) is 7.78. The molecule has 1 amide bonds. The molecule has 7 heteroatoms. The molecule has 1 aromatic heterocycles. The smallest absolute Gasteiger partial charge is 0.291 e. The maximum absolute atomic E-state index is 12.7. The van der Waals surface area contributed by atoms with Crippen LogP contribution in [0.2, 0.25) is 0 Å². The first-order valence-corrected chi connectivity index (χ1v) is 13.5. The second-order valence-corrected chi connectivity index (χ2v) is 10.2. The Morgan fingerprint density at radius 2 is 1.35 bits per heavy atom. The summed E-state index contributed by atoms with van der Waals surface area (Å²) in [7, 11) is 0. The van der Waals surface area contributed by atoms with Crippen LogP contribution >= 0.6 is 0 Å². The average molecular weight is 544 g/mol. The van der Waals surface area contributed by atoms with Crippen molar-refractivity contribution in [2.75, 3.05) is 18.5 Å². The van der Waals surface area contributed by atoms with Crippen LogP contribution in [-0.2, 0) is 18.6 Å². The number of furan rings is 1. The van der Waals surface area contributed by atoms with Crippen LogP contribution in [0.1, 0.15) is 62.1 Å². The number of amides is 1. The van der Waals surface area contributed by atoms with E-state index < -0.39 is 0 Å². The lowest BCUT2D eigenvalue weighted by atomic mass is 9.87. The molecule has 0 radical (unpaired) electrons. The van der Waals surface area contributed by atoms with Crippen molar-refractivity contribution in [2.45, 2.75) is 53.2 Å². The molecule has 0 aliphatic rings. The third-order valence-corrected chi connectivity index (χ3v) is 6.11. The molecule has 0 aliphatic heterocycles. The molecule has 0 atom stereocenters. The highest BCUT2D eigenvalue weighted by atomic mass is 16.5. The van der Waals surface area contributed by atoms with Crippen molar-refractivity contribution in [1.82, 2.24) is 0 Å². The Balaban J connectivity index is 1.27. The highest BCUT2D eigenvalue weighted by molar-refractivity contribution is 6.02. The second kappa shape index (κ2) is 13.1. The number of rotatable bonds is 12. The molecule has 0 aliphatic carbocycles. The molecule has 7 nitrogen and oxygen atoms in total. The number of hydrogen-bond acceptors (Lipinski definition) is 6. The largest absolute Gasteiger partial charge is 0.490 e. The molecule has 3 aromatic carbocycles. The van der Waals surface area contributed by atoms with Gasteiger partial charge in [-0.05, 0) is 91.1 Å². The van der Waals surface area contributed by atoms with E-state index in [2.05, 4.69) is 38.2 Å². The summed E-state index contributed by atoms with van der Waals surface area (Å²) in [5.74, 6) is 3.28. The lowest BCUT2D eigenvalue weighted by molar-refractivity contribution is 0.0992. The zero-order chi connectivity index (χ0) is 28.5. The molecular weight excluding hydrogens is 506 g/mol. The Bertz CT molecular complexity index is 1380. The van der Waals surface area contributed by atoms with Crippen LogP contribution in [0.25, 0.3) is 0 Å². The standard InChI is InChI=1S/C33H37NO6/c1-6-36-29-18-8-23(20-31(29)37-7-2)21-38-27-15-11-25(12-16-27)34-32(35)30-19-17-28(40-30)22-39-26-13-9-24(10-14-26)33(3,4)5/h8-20H,6-7,21-22H2,1-5H3,(H,34,35). The molecule has 1 N–H and O–H groups in total. The molecule has 0 spiro atoms. The monoisotopic (exact) mass is 543 g/mol. The van der Waals surface area contributed by atoms with Crippen molar-refractivity contribution in [1.29, 1.82) is 0 Å². The summed E-state index contributed by atoms with van der Waals surface area (Å²) >= 11 is 0. The summed E-state index contributed by atoms with van der Waals surface area (Å²) in [5.41, 5.74) is 2.91. The molecule has 0 fully saturated rings. The lowest BCUT2D eigenvalue weighted by Gasteiger charge is -2.19. The highest BCUT2D eigenvalue weighted by Crippen LogP contribution is 2.29. The Morgan fingerprint density at radius 3 is 2.00 bits per heavy atom. The van der Waals surface area contributed by atoms with Crippen molar-refractivity contribution in [3.8, 4) is 23.0 Å². The van der Waals surface area contributed by atoms with Gasteiger partial charge in [0.15, 0.2) is 17.3 Å². The van der Waals surface area contributed by atoms with Gasteiger partial charge in [0.2, 0.25) is 0 Å². The maximum atomic E-state index is 12.7. The minimum absolute atomic E-state index is 0.0837. The van der Waals surface area contributed by atoms with E-state index in [0.29, 0.717) is 42.8 Å². The molecular formula is C33H37NO6. The Hall–Kier alpha value is -4.39. The van der Waals surface area contributed by atoms with Crippen molar-refractivity contribution < 1.29 is 28.2 Å². The first-order valence-electron chi connectivity index (χ1n) is 13.5. The van der Waals surface area contributed by atoms with Crippen molar-refractivity contribution in [3.05, 3.63) is 102 Å². The number of hydrogen-bond donors (Lipinski definition) is 1. The number of carbonyl (C=O) groups excluding carboxylic acids is 1. The van der Waals surface area contributed by atoms with Crippen LogP contribution in [0.4, 0.5) is 5.69 Å². The minimum atomic E-state index is -0.340. The quantitative estimate of drug-likeness (QED) is 0.197. The van der Waals surface area contributed by atoms with E-state index in [1.165, 1.54) is 5.56 Å².